The van der Waals surface area contributed by atoms with Crippen LogP contribution in [0.4, 0.5) is 19.0 Å². The van der Waals surface area contributed by atoms with Crippen molar-refractivity contribution in [3.63, 3.8) is 0 Å². The fourth-order valence-electron chi connectivity index (χ4n) is 1.95. The van der Waals surface area contributed by atoms with Gasteiger partial charge in [0.05, 0.1) is 12.1 Å². The van der Waals surface area contributed by atoms with Gasteiger partial charge in [0.1, 0.15) is 11.6 Å². The van der Waals surface area contributed by atoms with Crippen molar-refractivity contribution in [2.75, 3.05) is 5.43 Å². The lowest BCUT2D eigenvalue weighted by atomic mass is 10.1. The maximum atomic E-state index is 12.3. The van der Waals surface area contributed by atoms with Crippen LogP contribution in [0.3, 0.4) is 0 Å². The summed E-state index contributed by atoms with van der Waals surface area (Å²) in [5.74, 6) is 5.84. The SMILES string of the molecule is Cc1c(NN)nc(CCC(F)(F)F)nc1-c1ccccc1. The highest BCUT2D eigenvalue weighted by Crippen LogP contribution is 2.27. The largest absolute Gasteiger partial charge is 0.389 e. The van der Waals surface area contributed by atoms with Crippen molar-refractivity contribution in [2.45, 2.75) is 25.9 Å². The van der Waals surface area contributed by atoms with Crippen LogP contribution in [0.2, 0.25) is 0 Å². The molecule has 3 N–H and O–H groups in total. The van der Waals surface area contributed by atoms with Crippen LogP contribution in [-0.2, 0) is 6.42 Å². The van der Waals surface area contributed by atoms with Gasteiger partial charge in [-0.05, 0) is 6.92 Å². The predicted octanol–water partition coefficient (Wildman–Crippen LogP) is 3.23. The Hall–Kier alpha value is -2.15. The Balaban J connectivity index is 2.40. The minimum absolute atomic E-state index is 0.115. The van der Waals surface area contributed by atoms with E-state index in [0.717, 1.165) is 5.56 Å². The molecule has 2 rings (SSSR count). The van der Waals surface area contributed by atoms with Crippen LogP contribution in [-0.4, -0.2) is 16.1 Å². The highest BCUT2D eigenvalue weighted by molar-refractivity contribution is 5.67. The molecule has 0 spiro atoms. The molecule has 2 aromatic rings. The number of benzene rings is 1. The summed E-state index contributed by atoms with van der Waals surface area (Å²) in [4.78, 5) is 8.28. The molecule has 0 aliphatic rings. The van der Waals surface area contributed by atoms with E-state index in [4.69, 9.17) is 5.84 Å². The molecule has 7 heteroatoms. The summed E-state index contributed by atoms with van der Waals surface area (Å²) in [5, 5.41) is 0. The first-order valence-corrected chi connectivity index (χ1v) is 6.37. The number of alkyl halides is 3. The zero-order valence-electron chi connectivity index (χ0n) is 11.4. The van der Waals surface area contributed by atoms with Crippen molar-refractivity contribution in [3.8, 4) is 11.3 Å². The molecule has 1 aromatic heterocycles. The normalized spacial score (nSPS) is 11.5. The summed E-state index contributed by atoms with van der Waals surface area (Å²) < 4.78 is 37.0. The van der Waals surface area contributed by atoms with Crippen LogP contribution in [0.25, 0.3) is 11.3 Å². The van der Waals surface area contributed by atoms with Crippen molar-refractivity contribution in [1.82, 2.24) is 9.97 Å². The van der Waals surface area contributed by atoms with Crippen LogP contribution in [0.5, 0.6) is 0 Å². The lowest BCUT2D eigenvalue weighted by Crippen LogP contribution is -2.15. The number of nitrogen functional groups attached to an aromatic ring is 1. The number of aryl methyl sites for hydroxylation is 1. The summed E-state index contributed by atoms with van der Waals surface area (Å²) in [5.41, 5.74) is 4.49. The lowest BCUT2D eigenvalue weighted by Gasteiger charge is -2.13. The molecule has 1 aromatic carbocycles. The molecule has 0 aliphatic heterocycles. The third kappa shape index (κ3) is 3.91. The van der Waals surface area contributed by atoms with E-state index in [9.17, 15) is 13.2 Å². The monoisotopic (exact) mass is 296 g/mol. The lowest BCUT2D eigenvalue weighted by molar-refractivity contribution is -0.134. The first kappa shape index (κ1) is 15.2. The molecule has 112 valence electrons. The first-order chi connectivity index (χ1) is 9.90. The van der Waals surface area contributed by atoms with Crippen molar-refractivity contribution in [2.24, 2.45) is 5.84 Å². The maximum Gasteiger partial charge on any atom is 0.389 e. The van der Waals surface area contributed by atoms with E-state index in [1.807, 2.05) is 30.3 Å². The molecule has 0 amide bonds. The molecule has 0 radical (unpaired) electrons. The number of hydrogen-bond donors (Lipinski definition) is 2. The van der Waals surface area contributed by atoms with Gasteiger partial charge in [-0.3, -0.25) is 0 Å². The van der Waals surface area contributed by atoms with E-state index in [0.29, 0.717) is 17.1 Å². The number of nitrogens with zero attached hydrogens (tertiary/aromatic N) is 2. The Kier molecular flexibility index (Phi) is 4.42. The molecule has 0 atom stereocenters. The molecule has 0 fully saturated rings. The van der Waals surface area contributed by atoms with Crippen LogP contribution >= 0.6 is 0 Å². The smallest absolute Gasteiger partial charge is 0.308 e. The summed E-state index contributed by atoms with van der Waals surface area (Å²) in [6.45, 7) is 1.77. The second-order valence-corrected chi connectivity index (χ2v) is 4.59. The van der Waals surface area contributed by atoms with E-state index < -0.39 is 12.6 Å². The topological polar surface area (TPSA) is 63.8 Å². The Bertz CT molecular complexity index is 612. The van der Waals surface area contributed by atoms with E-state index in [1.54, 1.807) is 6.92 Å². The van der Waals surface area contributed by atoms with Crippen LogP contribution < -0.4 is 11.3 Å². The molecule has 0 bridgehead atoms. The van der Waals surface area contributed by atoms with Crippen LogP contribution in [0.15, 0.2) is 30.3 Å². The molecule has 21 heavy (non-hydrogen) atoms. The molecular formula is C14H15F3N4. The second-order valence-electron chi connectivity index (χ2n) is 4.59. The predicted molar refractivity (Wildman–Crippen MR) is 74.4 cm³/mol. The van der Waals surface area contributed by atoms with Gasteiger partial charge in [-0.1, -0.05) is 30.3 Å². The van der Waals surface area contributed by atoms with Gasteiger partial charge in [-0.2, -0.15) is 13.2 Å². The minimum atomic E-state index is -4.24. The fraction of sp³-hybridized carbons (Fsp3) is 0.286. The van der Waals surface area contributed by atoms with Gasteiger partial charge < -0.3 is 5.43 Å². The number of nitrogens with one attached hydrogen (secondary N) is 1. The Morgan fingerprint density at radius 2 is 1.81 bits per heavy atom. The number of hydrogen-bond acceptors (Lipinski definition) is 4. The molecule has 0 saturated heterocycles. The van der Waals surface area contributed by atoms with Gasteiger partial charge in [0.2, 0.25) is 0 Å². The molecule has 0 unspecified atom stereocenters. The summed E-state index contributed by atoms with van der Waals surface area (Å²) in [6, 6.07) is 9.20. The summed E-state index contributed by atoms with van der Waals surface area (Å²) in [6.07, 6.45) is -5.48. The van der Waals surface area contributed by atoms with Crippen LogP contribution in [0, 0.1) is 6.92 Å². The van der Waals surface area contributed by atoms with Gasteiger partial charge >= 0.3 is 6.18 Å². The molecule has 0 saturated carbocycles. The summed E-state index contributed by atoms with van der Waals surface area (Å²) in [7, 11) is 0. The van der Waals surface area contributed by atoms with Gasteiger partial charge in [-0.15, -0.1) is 0 Å². The van der Waals surface area contributed by atoms with Gasteiger partial charge in [0.25, 0.3) is 0 Å². The standard InChI is InChI=1S/C14H15F3N4/c1-9-12(10-5-3-2-4-6-10)19-11(20-13(9)21-18)7-8-14(15,16)17/h2-6H,7-8,18H2,1H3,(H,19,20,21). The molecular weight excluding hydrogens is 281 g/mol. The van der Waals surface area contributed by atoms with Crippen molar-refractivity contribution in [1.29, 1.82) is 0 Å². The number of halogens is 3. The molecule has 0 aliphatic carbocycles. The van der Waals surface area contributed by atoms with Crippen molar-refractivity contribution in [3.05, 3.63) is 41.7 Å². The van der Waals surface area contributed by atoms with Gasteiger partial charge in [0.15, 0.2) is 0 Å². The number of nitrogens with two attached hydrogens (primary N) is 1. The zero-order valence-corrected chi connectivity index (χ0v) is 11.4. The van der Waals surface area contributed by atoms with Gasteiger partial charge in [0, 0.05) is 17.5 Å². The van der Waals surface area contributed by atoms with E-state index in [2.05, 4.69) is 15.4 Å². The number of hydrazine groups is 1. The van der Waals surface area contributed by atoms with Crippen LogP contribution in [0.1, 0.15) is 17.8 Å². The Labute approximate surface area is 120 Å². The molecule has 4 nitrogen and oxygen atoms in total. The Morgan fingerprint density at radius 1 is 1.14 bits per heavy atom. The van der Waals surface area contributed by atoms with E-state index in [-0.39, 0.29) is 12.2 Å². The quantitative estimate of drug-likeness (QED) is 0.671. The van der Waals surface area contributed by atoms with E-state index in [1.165, 1.54) is 0 Å². The van der Waals surface area contributed by atoms with Gasteiger partial charge in [-0.25, -0.2) is 15.8 Å². The summed E-state index contributed by atoms with van der Waals surface area (Å²) >= 11 is 0. The number of aromatic nitrogens is 2. The van der Waals surface area contributed by atoms with E-state index >= 15 is 0 Å². The number of rotatable bonds is 4. The minimum Gasteiger partial charge on any atom is -0.308 e. The van der Waals surface area contributed by atoms with Crippen molar-refractivity contribution >= 4 is 5.82 Å². The molecule has 1 heterocycles. The second kappa shape index (κ2) is 6.09. The van der Waals surface area contributed by atoms with Crippen molar-refractivity contribution < 1.29 is 13.2 Å². The average Bonchev–Trinajstić information content (AvgIpc) is 2.46. The zero-order chi connectivity index (χ0) is 15.5. The number of anilines is 1. The third-order valence-corrected chi connectivity index (χ3v) is 3.01. The Morgan fingerprint density at radius 3 is 2.38 bits per heavy atom. The third-order valence-electron chi connectivity index (χ3n) is 3.01. The highest BCUT2D eigenvalue weighted by atomic mass is 19.4. The highest BCUT2D eigenvalue weighted by Gasteiger charge is 2.27. The average molecular weight is 296 g/mol. The first-order valence-electron chi connectivity index (χ1n) is 6.37. The fourth-order valence-corrected chi connectivity index (χ4v) is 1.95. The maximum absolute atomic E-state index is 12.3.